The van der Waals surface area contributed by atoms with Crippen LogP contribution in [0.3, 0.4) is 0 Å². The van der Waals surface area contributed by atoms with Crippen molar-refractivity contribution in [2.24, 2.45) is 5.92 Å². The number of carbonyl (C=O) groups excluding carboxylic acids is 2. The predicted molar refractivity (Wildman–Crippen MR) is 117 cm³/mol. The number of thiazole rings is 1. The van der Waals surface area contributed by atoms with Crippen molar-refractivity contribution in [3.63, 3.8) is 0 Å². The van der Waals surface area contributed by atoms with Gasteiger partial charge in [-0.2, -0.15) is 4.72 Å². The molecular formula is C20H26N4O4S2. The molecule has 0 fully saturated rings. The van der Waals surface area contributed by atoms with Crippen molar-refractivity contribution >= 4 is 44.0 Å². The van der Waals surface area contributed by atoms with Gasteiger partial charge in [-0.3, -0.25) is 9.59 Å². The highest BCUT2D eigenvalue weighted by atomic mass is 32.2. The number of aromatic nitrogens is 1. The van der Waals surface area contributed by atoms with E-state index in [9.17, 15) is 18.0 Å². The van der Waals surface area contributed by atoms with Gasteiger partial charge in [-0.1, -0.05) is 20.8 Å². The molecule has 1 aromatic carbocycles. The molecule has 10 heteroatoms. The van der Waals surface area contributed by atoms with E-state index in [1.165, 1.54) is 17.4 Å². The molecular weight excluding hydrogens is 424 g/mol. The van der Waals surface area contributed by atoms with Gasteiger partial charge in [-0.05, 0) is 42.5 Å². The van der Waals surface area contributed by atoms with Crippen LogP contribution in [0.5, 0.6) is 0 Å². The van der Waals surface area contributed by atoms with E-state index in [0.29, 0.717) is 30.9 Å². The lowest BCUT2D eigenvalue weighted by molar-refractivity contribution is -0.118. The van der Waals surface area contributed by atoms with E-state index in [4.69, 9.17) is 0 Å². The first kappa shape index (κ1) is 22.4. The normalized spacial score (nSPS) is 14.6. The molecule has 8 nitrogen and oxygen atoms in total. The number of nitrogens with one attached hydrogen (secondary N) is 2. The van der Waals surface area contributed by atoms with Crippen molar-refractivity contribution in [1.82, 2.24) is 9.71 Å². The molecule has 1 atom stereocenters. The van der Waals surface area contributed by atoms with Gasteiger partial charge in [0.25, 0.3) is 0 Å². The number of benzene rings is 1. The first-order chi connectivity index (χ1) is 14.2. The maximum Gasteiger partial charge on any atom is 0.244 e. The number of hydrogen-bond acceptors (Lipinski definition) is 6. The SMILES string of the molecule is CCC(=O)N1CCc2cc(S(=O)(=O)NC(CC(C)C)C(=O)Nc3nccs3)ccc21. The molecule has 0 aliphatic carbocycles. The Morgan fingerprint density at radius 2 is 2.07 bits per heavy atom. The number of sulfonamides is 1. The van der Waals surface area contributed by atoms with Crippen LogP contribution in [0, 0.1) is 5.92 Å². The van der Waals surface area contributed by atoms with Gasteiger partial charge in [0.05, 0.1) is 4.90 Å². The molecule has 0 bridgehead atoms. The molecule has 2 amide bonds. The standard InChI is InChI=1S/C20H26N4O4S2/c1-4-18(25)24-9-7-14-12-15(5-6-17(14)24)30(27,28)23-16(11-13(2)3)19(26)22-20-21-8-10-29-20/h5-6,8,10,12-13,16,23H,4,7,9,11H2,1-3H3,(H,21,22,26). The Bertz CT molecular complexity index is 1020. The molecule has 0 spiro atoms. The molecule has 2 N–H and O–H groups in total. The van der Waals surface area contributed by atoms with Crippen molar-refractivity contribution < 1.29 is 18.0 Å². The summed E-state index contributed by atoms with van der Waals surface area (Å²) < 4.78 is 28.6. The fourth-order valence-corrected chi connectivity index (χ4v) is 5.20. The van der Waals surface area contributed by atoms with E-state index in [-0.39, 0.29) is 16.7 Å². The van der Waals surface area contributed by atoms with Gasteiger partial charge in [0.15, 0.2) is 5.13 Å². The molecule has 1 unspecified atom stereocenters. The van der Waals surface area contributed by atoms with Crippen molar-refractivity contribution in [1.29, 1.82) is 0 Å². The van der Waals surface area contributed by atoms with E-state index < -0.39 is 22.0 Å². The molecule has 162 valence electrons. The largest absolute Gasteiger partial charge is 0.312 e. The highest BCUT2D eigenvalue weighted by Gasteiger charge is 2.29. The van der Waals surface area contributed by atoms with E-state index in [1.54, 1.807) is 35.5 Å². The first-order valence-corrected chi connectivity index (χ1v) is 12.2. The minimum Gasteiger partial charge on any atom is -0.312 e. The summed E-state index contributed by atoms with van der Waals surface area (Å²) in [5.74, 6) is -0.324. The van der Waals surface area contributed by atoms with Gasteiger partial charge in [-0.15, -0.1) is 11.3 Å². The maximum absolute atomic E-state index is 13.0. The maximum atomic E-state index is 13.0. The zero-order valence-electron chi connectivity index (χ0n) is 17.2. The summed E-state index contributed by atoms with van der Waals surface area (Å²) in [7, 11) is -3.93. The second-order valence-corrected chi connectivity index (χ2v) is 10.2. The molecule has 1 aliphatic heterocycles. The van der Waals surface area contributed by atoms with Crippen molar-refractivity contribution in [3.05, 3.63) is 35.3 Å². The topological polar surface area (TPSA) is 108 Å². The van der Waals surface area contributed by atoms with Gasteiger partial charge in [0.1, 0.15) is 6.04 Å². The molecule has 30 heavy (non-hydrogen) atoms. The van der Waals surface area contributed by atoms with Crippen molar-refractivity contribution in [3.8, 4) is 0 Å². The van der Waals surface area contributed by atoms with Gasteiger partial charge >= 0.3 is 0 Å². The van der Waals surface area contributed by atoms with E-state index in [0.717, 1.165) is 11.3 Å². The number of hydrogen-bond donors (Lipinski definition) is 2. The lowest BCUT2D eigenvalue weighted by Crippen LogP contribution is -2.44. The van der Waals surface area contributed by atoms with Crippen LogP contribution in [-0.2, 0) is 26.0 Å². The monoisotopic (exact) mass is 450 g/mol. The summed E-state index contributed by atoms with van der Waals surface area (Å²) >= 11 is 1.27. The average Bonchev–Trinajstić information content (AvgIpc) is 3.35. The molecule has 0 saturated heterocycles. The summed E-state index contributed by atoms with van der Waals surface area (Å²) in [6, 6.07) is 3.81. The van der Waals surface area contributed by atoms with Crippen LogP contribution in [-0.4, -0.2) is 37.8 Å². The number of nitrogens with zero attached hydrogens (tertiary/aromatic N) is 2. The highest BCUT2D eigenvalue weighted by Crippen LogP contribution is 2.30. The van der Waals surface area contributed by atoms with Gasteiger partial charge in [-0.25, -0.2) is 13.4 Å². The Kier molecular flexibility index (Phi) is 6.89. The second-order valence-electron chi connectivity index (χ2n) is 7.57. The van der Waals surface area contributed by atoms with Crippen molar-refractivity contribution in [2.75, 3.05) is 16.8 Å². The van der Waals surface area contributed by atoms with E-state index in [1.807, 2.05) is 13.8 Å². The van der Waals surface area contributed by atoms with Crippen LogP contribution in [0.25, 0.3) is 0 Å². The molecule has 2 aromatic rings. The molecule has 1 aromatic heterocycles. The average molecular weight is 451 g/mol. The van der Waals surface area contributed by atoms with Crippen LogP contribution >= 0.6 is 11.3 Å². The Balaban J connectivity index is 1.81. The fraction of sp³-hybridized carbons (Fsp3) is 0.450. The number of carbonyl (C=O) groups is 2. The van der Waals surface area contributed by atoms with Crippen molar-refractivity contribution in [2.45, 2.75) is 51.0 Å². The third kappa shape index (κ3) is 5.05. The summed E-state index contributed by atoms with van der Waals surface area (Å²) in [5, 5.41) is 4.82. The fourth-order valence-electron chi connectivity index (χ4n) is 3.41. The van der Waals surface area contributed by atoms with Crippen LogP contribution in [0.1, 0.15) is 39.2 Å². The third-order valence-corrected chi connectivity index (χ3v) is 7.00. The molecule has 2 heterocycles. The number of anilines is 2. The molecule has 3 rings (SSSR count). The van der Waals surface area contributed by atoms with Crippen LogP contribution in [0.15, 0.2) is 34.7 Å². The Morgan fingerprint density at radius 3 is 2.70 bits per heavy atom. The van der Waals surface area contributed by atoms with E-state index in [2.05, 4.69) is 15.0 Å². The third-order valence-electron chi connectivity index (χ3n) is 4.84. The van der Waals surface area contributed by atoms with Gasteiger partial charge < -0.3 is 10.2 Å². The zero-order valence-corrected chi connectivity index (χ0v) is 18.8. The predicted octanol–water partition coefficient (Wildman–Crippen LogP) is 2.77. The minimum atomic E-state index is -3.93. The molecule has 1 aliphatic rings. The summed E-state index contributed by atoms with van der Waals surface area (Å²) in [5.41, 5.74) is 1.56. The minimum absolute atomic E-state index is 0.0123. The van der Waals surface area contributed by atoms with Gasteiger partial charge in [0, 0.05) is 30.2 Å². The van der Waals surface area contributed by atoms with E-state index >= 15 is 0 Å². The number of rotatable bonds is 8. The second kappa shape index (κ2) is 9.23. The first-order valence-electron chi connectivity index (χ1n) is 9.87. The highest BCUT2D eigenvalue weighted by molar-refractivity contribution is 7.89. The van der Waals surface area contributed by atoms with Crippen LogP contribution < -0.4 is 14.9 Å². The Labute approximate surface area is 180 Å². The lowest BCUT2D eigenvalue weighted by atomic mass is 10.0. The van der Waals surface area contributed by atoms with Crippen LogP contribution in [0.4, 0.5) is 10.8 Å². The van der Waals surface area contributed by atoms with Crippen LogP contribution in [0.2, 0.25) is 0 Å². The summed E-state index contributed by atoms with van der Waals surface area (Å²) in [6.07, 6.45) is 2.91. The van der Waals surface area contributed by atoms with Gasteiger partial charge in [0.2, 0.25) is 21.8 Å². The lowest BCUT2D eigenvalue weighted by Gasteiger charge is -2.20. The number of fused-ring (bicyclic) bond motifs is 1. The quantitative estimate of drug-likeness (QED) is 0.643. The smallest absolute Gasteiger partial charge is 0.244 e. The summed E-state index contributed by atoms with van der Waals surface area (Å²) in [6.45, 7) is 6.19. The number of amides is 2. The Morgan fingerprint density at radius 1 is 1.30 bits per heavy atom. The zero-order chi connectivity index (χ0) is 21.9. The molecule has 0 saturated carbocycles. The summed E-state index contributed by atoms with van der Waals surface area (Å²) in [4.78, 5) is 30.5. The Hall–Kier alpha value is -2.30. The molecule has 0 radical (unpaired) electrons.